The molecule has 3 aromatic rings. The maximum absolute atomic E-state index is 12.7. The molecule has 1 aliphatic carbocycles. The van der Waals surface area contributed by atoms with Gasteiger partial charge in [-0.1, -0.05) is 42.1 Å². The highest BCUT2D eigenvalue weighted by atomic mass is 32.2. The highest BCUT2D eigenvalue weighted by molar-refractivity contribution is 8.00. The summed E-state index contributed by atoms with van der Waals surface area (Å²) in [5.74, 6) is 0.701. The SMILES string of the molecule is CC(Sc1nnc(C2CC2)n1Cc1ccccc1)C(=O)Nc1ccc(OC(F)(F)F)cc1. The molecule has 0 aliphatic heterocycles. The zero-order valence-corrected chi connectivity index (χ0v) is 18.0. The molecule has 0 radical (unpaired) electrons. The number of hydrogen-bond donors (Lipinski definition) is 1. The summed E-state index contributed by atoms with van der Waals surface area (Å²) in [6.45, 7) is 2.37. The topological polar surface area (TPSA) is 69.0 Å². The summed E-state index contributed by atoms with van der Waals surface area (Å²) in [5, 5.41) is 11.6. The van der Waals surface area contributed by atoms with E-state index in [4.69, 9.17) is 0 Å². The average Bonchev–Trinajstić information content (AvgIpc) is 3.52. The van der Waals surface area contributed by atoms with Gasteiger partial charge in [0.05, 0.1) is 11.8 Å². The number of thioether (sulfide) groups is 1. The van der Waals surface area contributed by atoms with Gasteiger partial charge in [0, 0.05) is 11.6 Å². The molecule has 2 aromatic carbocycles. The van der Waals surface area contributed by atoms with E-state index in [1.54, 1.807) is 6.92 Å². The number of carbonyl (C=O) groups excluding carboxylic acids is 1. The van der Waals surface area contributed by atoms with Crippen molar-refractivity contribution in [3.8, 4) is 5.75 Å². The van der Waals surface area contributed by atoms with Gasteiger partial charge in [-0.3, -0.25) is 4.79 Å². The quantitative estimate of drug-likeness (QED) is 0.465. The van der Waals surface area contributed by atoms with Crippen molar-refractivity contribution in [3.05, 3.63) is 66.0 Å². The van der Waals surface area contributed by atoms with E-state index in [1.807, 2.05) is 30.3 Å². The normalized spacial score (nSPS) is 14.8. The first-order valence-electron chi connectivity index (χ1n) is 10.1. The van der Waals surface area contributed by atoms with E-state index in [-0.39, 0.29) is 11.7 Å². The summed E-state index contributed by atoms with van der Waals surface area (Å²) in [6.07, 6.45) is -2.59. The van der Waals surface area contributed by atoms with Crippen molar-refractivity contribution >= 4 is 23.4 Å². The molecular weight excluding hydrogens is 441 g/mol. The van der Waals surface area contributed by atoms with Crippen molar-refractivity contribution in [1.82, 2.24) is 14.8 Å². The fraction of sp³-hybridized carbons (Fsp3) is 0.318. The van der Waals surface area contributed by atoms with Gasteiger partial charge in [0.25, 0.3) is 0 Å². The van der Waals surface area contributed by atoms with Crippen LogP contribution in [0.15, 0.2) is 59.8 Å². The number of nitrogens with one attached hydrogen (secondary N) is 1. The predicted molar refractivity (Wildman–Crippen MR) is 115 cm³/mol. The Morgan fingerprint density at radius 3 is 2.47 bits per heavy atom. The number of hydrogen-bond acceptors (Lipinski definition) is 5. The van der Waals surface area contributed by atoms with E-state index in [0.29, 0.717) is 23.3 Å². The van der Waals surface area contributed by atoms with Crippen LogP contribution in [0.25, 0.3) is 0 Å². The maximum atomic E-state index is 12.7. The molecule has 168 valence electrons. The monoisotopic (exact) mass is 462 g/mol. The van der Waals surface area contributed by atoms with Gasteiger partial charge in [0.1, 0.15) is 11.6 Å². The van der Waals surface area contributed by atoms with Crippen molar-refractivity contribution in [3.63, 3.8) is 0 Å². The van der Waals surface area contributed by atoms with Gasteiger partial charge in [-0.2, -0.15) is 0 Å². The zero-order chi connectivity index (χ0) is 22.7. The molecule has 1 aromatic heterocycles. The third-order valence-corrected chi connectivity index (χ3v) is 5.96. The third-order valence-electron chi connectivity index (χ3n) is 4.88. The van der Waals surface area contributed by atoms with Gasteiger partial charge in [0.2, 0.25) is 5.91 Å². The molecule has 1 fully saturated rings. The van der Waals surface area contributed by atoms with Gasteiger partial charge >= 0.3 is 6.36 Å². The highest BCUT2D eigenvalue weighted by Crippen LogP contribution is 2.40. The Balaban J connectivity index is 1.42. The Kier molecular flexibility index (Phi) is 6.40. The smallest absolute Gasteiger partial charge is 0.406 e. The van der Waals surface area contributed by atoms with E-state index >= 15 is 0 Å². The second-order valence-electron chi connectivity index (χ2n) is 7.51. The predicted octanol–water partition coefficient (Wildman–Crippen LogP) is 5.22. The number of alkyl halides is 3. The Morgan fingerprint density at radius 2 is 1.84 bits per heavy atom. The fourth-order valence-electron chi connectivity index (χ4n) is 3.14. The lowest BCUT2D eigenvalue weighted by molar-refractivity contribution is -0.274. The number of aromatic nitrogens is 3. The number of halogens is 3. The number of rotatable bonds is 8. The molecule has 6 nitrogen and oxygen atoms in total. The van der Waals surface area contributed by atoms with E-state index < -0.39 is 11.6 Å². The molecule has 32 heavy (non-hydrogen) atoms. The van der Waals surface area contributed by atoms with Crippen LogP contribution >= 0.6 is 11.8 Å². The number of nitrogens with zero attached hydrogens (tertiary/aromatic N) is 3. The Hall–Kier alpha value is -3.01. The largest absolute Gasteiger partial charge is 0.573 e. The summed E-state index contributed by atoms with van der Waals surface area (Å²) >= 11 is 1.30. The maximum Gasteiger partial charge on any atom is 0.573 e. The average molecular weight is 462 g/mol. The molecule has 10 heteroatoms. The summed E-state index contributed by atoms with van der Waals surface area (Å²) in [6, 6.07) is 15.0. The summed E-state index contributed by atoms with van der Waals surface area (Å²) in [7, 11) is 0. The lowest BCUT2D eigenvalue weighted by Crippen LogP contribution is -2.23. The minimum atomic E-state index is -4.76. The van der Waals surface area contributed by atoms with E-state index in [1.165, 1.54) is 23.9 Å². The first-order chi connectivity index (χ1) is 15.3. The van der Waals surface area contributed by atoms with Crippen LogP contribution in [-0.2, 0) is 11.3 Å². The summed E-state index contributed by atoms with van der Waals surface area (Å²) in [4.78, 5) is 12.7. The van der Waals surface area contributed by atoms with Crippen molar-refractivity contribution in [1.29, 1.82) is 0 Å². The van der Waals surface area contributed by atoms with Crippen molar-refractivity contribution in [2.75, 3.05) is 5.32 Å². The second-order valence-corrected chi connectivity index (χ2v) is 8.82. The zero-order valence-electron chi connectivity index (χ0n) is 17.2. The minimum Gasteiger partial charge on any atom is -0.406 e. The molecule has 1 atom stereocenters. The van der Waals surface area contributed by atoms with E-state index in [0.717, 1.165) is 36.4 Å². The lowest BCUT2D eigenvalue weighted by atomic mass is 10.2. The van der Waals surface area contributed by atoms with Gasteiger partial charge in [-0.05, 0) is 49.6 Å². The van der Waals surface area contributed by atoms with Gasteiger partial charge in [-0.25, -0.2) is 0 Å². The molecule has 0 saturated heterocycles. The van der Waals surface area contributed by atoms with Crippen LogP contribution in [0.4, 0.5) is 18.9 Å². The molecule has 0 bridgehead atoms. The van der Waals surface area contributed by atoms with Crippen molar-refractivity contribution in [2.45, 2.75) is 49.0 Å². The number of benzene rings is 2. The Bertz CT molecular complexity index is 1070. The number of amides is 1. The molecule has 1 amide bonds. The number of carbonyl (C=O) groups is 1. The first-order valence-corrected chi connectivity index (χ1v) is 11.0. The number of anilines is 1. The minimum absolute atomic E-state index is 0.290. The molecule has 1 heterocycles. The van der Waals surface area contributed by atoms with Crippen LogP contribution in [0, 0.1) is 0 Å². The van der Waals surface area contributed by atoms with Crippen LogP contribution in [-0.4, -0.2) is 32.3 Å². The van der Waals surface area contributed by atoms with Crippen LogP contribution in [0.2, 0.25) is 0 Å². The standard InChI is InChI=1S/C22H21F3N4O2S/c1-14(20(30)26-17-9-11-18(12-10-17)31-22(23,24)25)32-21-28-27-19(16-7-8-16)29(21)13-15-5-3-2-4-6-15/h2-6,9-12,14,16H,7-8,13H2,1H3,(H,26,30). The second kappa shape index (κ2) is 9.23. The van der Waals surface area contributed by atoms with Crippen LogP contribution in [0.1, 0.15) is 37.1 Å². The highest BCUT2D eigenvalue weighted by Gasteiger charge is 2.32. The van der Waals surface area contributed by atoms with Crippen LogP contribution < -0.4 is 10.1 Å². The van der Waals surface area contributed by atoms with E-state index in [2.05, 4.69) is 24.8 Å². The van der Waals surface area contributed by atoms with Crippen LogP contribution in [0.3, 0.4) is 0 Å². The van der Waals surface area contributed by atoms with Crippen molar-refractivity contribution < 1.29 is 22.7 Å². The molecule has 1 saturated carbocycles. The fourth-order valence-corrected chi connectivity index (χ4v) is 4.00. The van der Waals surface area contributed by atoms with Gasteiger partial charge in [0.15, 0.2) is 5.16 Å². The first kappa shape index (κ1) is 22.2. The Labute approximate surface area is 187 Å². The molecule has 0 spiro atoms. The lowest BCUT2D eigenvalue weighted by Gasteiger charge is -2.14. The summed E-state index contributed by atoms with van der Waals surface area (Å²) < 4.78 is 42.8. The molecule has 1 aliphatic rings. The van der Waals surface area contributed by atoms with Crippen LogP contribution in [0.5, 0.6) is 5.75 Å². The number of ether oxygens (including phenoxy) is 1. The third kappa shape index (κ3) is 5.82. The van der Waals surface area contributed by atoms with Gasteiger partial charge < -0.3 is 14.6 Å². The van der Waals surface area contributed by atoms with Gasteiger partial charge in [-0.15, -0.1) is 23.4 Å². The van der Waals surface area contributed by atoms with Crippen molar-refractivity contribution in [2.24, 2.45) is 0 Å². The Morgan fingerprint density at radius 1 is 1.16 bits per heavy atom. The molecule has 4 rings (SSSR count). The molecule has 1 N–H and O–H groups in total. The summed E-state index contributed by atoms with van der Waals surface area (Å²) in [5.41, 5.74) is 1.50. The molecule has 1 unspecified atom stereocenters. The molecular formula is C22H21F3N4O2S. The van der Waals surface area contributed by atoms with E-state index in [9.17, 15) is 18.0 Å².